The molecule has 8 heteroatoms. The molecule has 1 aromatic heterocycles. The van der Waals surface area contributed by atoms with E-state index in [0.29, 0.717) is 17.1 Å². The van der Waals surface area contributed by atoms with Gasteiger partial charge in [-0.05, 0) is 29.2 Å². The molecular weight excluding hydrogens is 457 g/mol. The fourth-order valence-corrected chi connectivity index (χ4v) is 3.42. The van der Waals surface area contributed by atoms with E-state index in [0.717, 1.165) is 34.7 Å². The highest BCUT2D eigenvalue weighted by atomic mass is 35.5. The molecule has 1 amide bonds. The second-order valence-electron chi connectivity index (χ2n) is 7.27. The average Bonchev–Trinajstić information content (AvgIpc) is 3.03. The summed E-state index contributed by atoms with van der Waals surface area (Å²) >= 11 is 11.8. The van der Waals surface area contributed by atoms with Crippen LogP contribution < -0.4 is 10.6 Å². The number of benzene rings is 1. The lowest BCUT2D eigenvalue weighted by molar-refractivity contribution is -0.115. The van der Waals surface area contributed by atoms with Crippen LogP contribution in [0, 0.1) is 0 Å². The van der Waals surface area contributed by atoms with Gasteiger partial charge in [-0.1, -0.05) is 72.6 Å². The van der Waals surface area contributed by atoms with E-state index >= 15 is 0 Å². The number of nitrogens with zero attached hydrogens (tertiary/aromatic N) is 3. The van der Waals surface area contributed by atoms with Crippen molar-refractivity contribution < 1.29 is 4.79 Å². The summed E-state index contributed by atoms with van der Waals surface area (Å²) in [4.78, 5) is 25.0. The molecule has 0 radical (unpaired) electrons. The molecular formula is C25H25Cl2N5O. The molecule has 0 fully saturated rings. The third-order valence-electron chi connectivity index (χ3n) is 4.68. The van der Waals surface area contributed by atoms with E-state index in [2.05, 4.69) is 44.7 Å². The predicted octanol–water partition coefficient (Wildman–Crippen LogP) is 5.85. The Morgan fingerprint density at radius 3 is 2.70 bits per heavy atom. The number of carbonyl (C=O) groups is 1. The van der Waals surface area contributed by atoms with Gasteiger partial charge in [-0.15, -0.1) is 0 Å². The van der Waals surface area contributed by atoms with E-state index in [1.807, 2.05) is 36.5 Å². The first-order chi connectivity index (χ1) is 16.0. The van der Waals surface area contributed by atoms with Crippen LogP contribution in [0.4, 0.5) is 5.69 Å². The topological polar surface area (TPSA) is 78.7 Å². The summed E-state index contributed by atoms with van der Waals surface area (Å²) in [7, 11) is 1.75. The molecule has 1 aliphatic rings. The molecule has 0 bridgehead atoms. The molecule has 6 nitrogen and oxygen atoms in total. The van der Waals surface area contributed by atoms with Gasteiger partial charge in [0.05, 0.1) is 29.0 Å². The van der Waals surface area contributed by atoms with Gasteiger partial charge in [-0.3, -0.25) is 9.79 Å². The van der Waals surface area contributed by atoms with Crippen molar-refractivity contribution in [1.82, 2.24) is 10.3 Å². The number of aromatic nitrogens is 1. The number of halogens is 2. The average molecular weight is 482 g/mol. The van der Waals surface area contributed by atoms with Crippen molar-refractivity contribution >= 4 is 52.4 Å². The number of amidine groups is 1. The Bertz CT molecular complexity index is 1150. The molecule has 2 heterocycles. The van der Waals surface area contributed by atoms with Crippen molar-refractivity contribution in [2.75, 3.05) is 12.4 Å². The minimum atomic E-state index is -0.164. The van der Waals surface area contributed by atoms with Gasteiger partial charge in [0.2, 0.25) is 5.91 Å². The maximum absolute atomic E-state index is 12.4. The number of aliphatic imine (C=N–C) groups is 2. The zero-order valence-corrected chi connectivity index (χ0v) is 20.0. The van der Waals surface area contributed by atoms with Gasteiger partial charge in [0, 0.05) is 25.9 Å². The number of nitrogens with one attached hydrogen (secondary N) is 2. The molecule has 2 aromatic rings. The minimum Gasteiger partial charge on any atom is -0.343 e. The maximum atomic E-state index is 12.4. The summed E-state index contributed by atoms with van der Waals surface area (Å²) in [6, 6.07) is 9.41. The predicted molar refractivity (Wildman–Crippen MR) is 138 cm³/mol. The van der Waals surface area contributed by atoms with Gasteiger partial charge >= 0.3 is 0 Å². The first kappa shape index (κ1) is 24.4. The lowest BCUT2D eigenvalue weighted by Gasteiger charge is -2.07. The Morgan fingerprint density at radius 2 is 2.00 bits per heavy atom. The fraction of sp³-hybridized carbons (Fsp3) is 0.200. The molecule has 33 heavy (non-hydrogen) atoms. The number of rotatable bonds is 7. The van der Waals surface area contributed by atoms with Gasteiger partial charge in [0.1, 0.15) is 11.0 Å². The quantitative estimate of drug-likeness (QED) is 0.384. The van der Waals surface area contributed by atoms with Crippen LogP contribution in [-0.4, -0.2) is 30.0 Å². The van der Waals surface area contributed by atoms with Crippen LogP contribution >= 0.6 is 23.2 Å². The van der Waals surface area contributed by atoms with Crippen molar-refractivity contribution in [3.8, 4) is 0 Å². The van der Waals surface area contributed by atoms with E-state index in [1.165, 1.54) is 6.20 Å². The van der Waals surface area contributed by atoms with E-state index in [-0.39, 0.29) is 17.5 Å². The third-order valence-corrected chi connectivity index (χ3v) is 5.37. The molecule has 1 aliphatic heterocycles. The number of hydrogen-bond donors (Lipinski definition) is 2. The SMILES string of the molecule is CC/C=C(\C=N/C)NC1=NC=C(c2ccc(CC(=O)Nc3cnc(Cl)c(Cl)c3)cc2)C=CC1. The summed E-state index contributed by atoms with van der Waals surface area (Å²) < 4.78 is 0. The monoisotopic (exact) mass is 481 g/mol. The molecule has 3 rings (SSSR count). The van der Waals surface area contributed by atoms with Crippen LogP contribution in [0.5, 0.6) is 0 Å². The van der Waals surface area contributed by atoms with Crippen molar-refractivity contribution in [2.45, 2.75) is 26.2 Å². The van der Waals surface area contributed by atoms with Gasteiger partial charge < -0.3 is 10.6 Å². The number of hydrogen-bond acceptors (Lipinski definition) is 5. The fourth-order valence-electron chi connectivity index (χ4n) is 3.15. The smallest absolute Gasteiger partial charge is 0.228 e. The van der Waals surface area contributed by atoms with E-state index in [4.69, 9.17) is 23.2 Å². The number of allylic oxidation sites excluding steroid dienone is 4. The van der Waals surface area contributed by atoms with E-state index in [1.54, 1.807) is 19.3 Å². The Labute approximate surface area is 203 Å². The zero-order valence-electron chi connectivity index (χ0n) is 18.5. The second kappa shape index (κ2) is 12.1. The molecule has 0 saturated carbocycles. The molecule has 1 aromatic carbocycles. The molecule has 2 N–H and O–H groups in total. The van der Waals surface area contributed by atoms with Crippen LogP contribution in [0.25, 0.3) is 5.57 Å². The highest BCUT2D eigenvalue weighted by Crippen LogP contribution is 2.23. The third kappa shape index (κ3) is 7.41. The van der Waals surface area contributed by atoms with Crippen LogP contribution in [0.3, 0.4) is 0 Å². The van der Waals surface area contributed by atoms with Crippen LogP contribution in [-0.2, 0) is 11.2 Å². The molecule has 0 unspecified atom stereocenters. The van der Waals surface area contributed by atoms with E-state index in [9.17, 15) is 4.79 Å². The number of carbonyl (C=O) groups excluding carboxylic acids is 1. The molecule has 0 spiro atoms. The summed E-state index contributed by atoms with van der Waals surface area (Å²) in [6.07, 6.45) is 13.1. The standard InChI is InChI=1S/C25H25Cl2N5O/c1-3-5-20(15-28-2)31-23-7-4-6-19(14-29-23)18-10-8-17(9-11-18)12-24(33)32-21-13-22(26)25(27)30-16-21/h4-6,8-11,13-16H,3,7,12H2,1-2H3,(H,29,31)(H,32,33)/b20-5+,28-15-. The summed E-state index contributed by atoms with van der Waals surface area (Å²) in [5.74, 6) is 0.689. The van der Waals surface area contributed by atoms with Crippen molar-refractivity contribution in [2.24, 2.45) is 9.98 Å². The molecule has 170 valence electrons. The molecule has 0 atom stereocenters. The zero-order chi connectivity index (χ0) is 23.6. The maximum Gasteiger partial charge on any atom is 0.228 e. The normalized spacial score (nSPS) is 14.0. The number of amides is 1. The van der Waals surface area contributed by atoms with Crippen molar-refractivity contribution in [1.29, 1.82) is 0 Å². The molecule has 0 saturated heterocycles. The second-order valence-corrected chi connectivity index (χ2v) is 8.03. The van der Waals surface area contributed by atoms with Crippen LogP contribution in [0.2, 0.25) is 10.2 Å². The van der Waals surface area contributed by atoms with Gasteiger partial charge in [0.15, 0.2) is 0 Å². The van der Waals surface area contributed by atoms with Gasteiger partial charge in [-0.25, -0.2) is 9.98 Å². The first-order valence-corrected chi connectivity index (χ1v) is 11.3. The van der Waals surface area contributed by atoms with Gasteiger partial charge in [0.25, 0.3) is 0 Å². The number of anilines is 1. The number of pyridine rings is 1. The largest absolute Gasteiger partial charge is 0.343 e. The van der Waals surface area contributed by atoms with Crippen molar-refractivity contribution in [3.63, 3.8) is 0 Å². The van der Waals surface area contributed by atoms with E-state index < -0.39 is 0 Å². The van der Waals surface area contributed by atoms with Crippen LogP contribution in [0.1, 0.15) is 30.9 Å². The Morgan fingerprint density at radius 1 is 1.21 bits per heavy atom. The summed E-state index contributed by atoms with van der Waals surface area (Å²) in [5, 5.41) is 6.60. The minimum absolute atomic E-state index is 0.164. The highest BCUT2D eigenvalue weighted by Gasteiger charge is 2.08. The van der Waals surface area contributed by atoms with Crippen molar-refractivity contribution in [3.05, 3.63) is 88.0 Å². The Balaban J connectivity index is 1.64. The summed E-state index contributed by atoms with van der Waals surface area (Å²) in [5.41, 5.74) is 4.34. The lowest BCUT2D eigenvalue weighted by Crippen LogP contribution is -2.22. The summed E-state index contributed by atoms with van der Waals surface area (Å²) in [6.45, 7) is 2.08. The van der Waals surface area contributed by atoms with Crippen LogP contribution in [0.15, 0.2) is 76.6 Å². The Kier molecular flexibility index (Phi) is 8.98. The highest BCUT2D eigenvalue weighted by molar-refractivity contribution is 6.41. The Hall–Kier alpha value is -3.22. The lowest BCUT2D eigenvalue weighted by atomic mass is 10.0. The first-order valence-electron chi connectivity index (χ1n) is 10.5. The van der Waals surface area contributed by atoms with Gasteiger partial charge in [-0.2, -0.15) is 0 Å². The molecule has 0 aliphatic carbocycles.